The number of hydrogen-bond acceptors (Lipinski definition) is 4. The predicted molar refractivity (Wildman–Crippen MR) is 223 cm³/mol. The number of rotatable bonds is 7. The third-order valence-corrected chi connectivity index (χ3v) is 10.3. The molecule has 4 nitrogen and oxygen atoms in total. The van der Waals surface area contributed by atoms with Gasteiger partial charge in [0.15, 0.2) is 0 Å². The van der Waals surface area contributed by atoms with Gasteiger partial charge in [-0.05, 0) is 95.1 Å². The lowest BCUT2D eigenvalue weighted by atomic mass is 9.81. The highest BCUT2D eigenvalue weighted by Gasteiger charge is 2.36. The van der Waals surface area contributed by atoms with Crippen LogP contribution in [0.15, 0.2) is 176 Å². The Balaban J connectivity index is 0.000000445. The molecule has 0 saturated carbocycles. The average Bonchev–Trinajstić information content (AvgIpc) is 3.45. The summed E-state index contributed by atoms with van der Waals surface area (Å²) in [5, 5.41) is 8.59. The van der Waals surface area contributed by atoms with E-state index in [4.69, 9.17) is 9.47 Å². The van der Waals surface area contributed by atoms with Gasteiger partial charge >= 0.3 is 0 Å². The van der Waals surface area contributed by atoms with E-state index in [1.807, 2.05) is 42.5 Å². The molecule has 0 saturated heterocycles. The first-order valence-corrected chi connectivity index (χ1v) is 18.0. The Hall–Kier alpha value is -6.52. The Bertz CT molecular complexity index is 2510. The van der Waals surface area contributed by atoms with E-state index < -0.39 is 0 Å². The predicted octanol–water partition coefficient (Wildman–Crippen LogP) is 13.2. The van der Waals surface area contributed by atoms with Gasteiger partial charge in [0.05, 0.1) is 25.6 Å². The highest BCUT2D eigenvalue weighted by atomic mass is 16.5. The summed E-state index contributed by atoms with van der Waals surface area (Å²) in [5.74, 6) is 1.74. The molecule has 0 heterocycles. The molecular formula is C49H42N2O2. The largest absolute Gasteiger partial charge is 0.497 e. The van der Waals surface area contributed by atoms with Crippen molar-refractivity contribution in [3.05, 3.63) is 187 Å². The first-order valence-electron chi connectivity index (χ1n) is 18.0. The topological polar surface area (TPSA) is 33.7 Å². The van der Waals surface area contributed by atoms with Crippen molar-refractivity contribution in [2.24, 2.45) is 0 Å². The van der Waals surface area contributed by atoms with Gasteiger partial charge in [0, 0.05) is 44.0 Å². The molecule has 0 unspecified atom stereocenters. The van der Waals surface area contributed by atoms with Crippen molar-refractivity contribution in [2.45, 2.75) is 19.3 Å². The Morgan fingerprint density at radius 1 is 0.453 bits per heavy atom. The molecule has 0 aliphatic heterocycles. The van der Waals surface area contributed by atoms with Crippen LogP contribution in [0.5, 0.6) is 11.5 Å². The Kier molecular flexibility index (Phi) is 9.03. The maximum atomic E-state index is 5.55. The Morgan fingerprint density at radius 3 is 1.66 bits per heavy atom. The zero-order valence-electron chi connectivity index (χ0n) is 30.5. The summed E-state index contributed by atoms with van der Waals surface area (Å²) < 4.78 is 10.5. The first-order chi connectivity index (χ1) is 26.0. The van der Waals surface area contributed by atoms with Crippen LogP contribution in [0.1, 0.15) is 25.0 Å². The van der Waals surface area contributed by atoms with Gasteiger partial charge in [-0.3, -0.25) is 0 Å². The van der Waals surface area contributed by atoms with Crippen molar-refractivity contribution in [2.75, 3.05) is 24.4 Å². The molecule has 1 aliphatic rings. The molecular weight excluding hydrogens is 649 g/mol. The third kappa shape index (κ3) is 6.23. The number of methoxy groups -OCH3 is 2. The molecule has 8 aromatic carbocycles. The molecule has 0 amide bonds. The summed E-state index contributed by atoms with van der Waals surface area (Å²) in [6, 6.07) is 61.8. The molecule has 0 atom stereocenters. The molecule has 0 aromatic heterocycles. The molecule has 1 N–H and O–H groups in total. The summed E-state index contributed by atoms with van der Waals surface area (Å²) >= 11 is 0. The molecule has 4 heteroatoms. The van der Waals surface area contributed by atoms with Gasteiger partial charge in [0.2, 0.25) is 0 Å². The SMILES string of the molecule is COc1ccc(N(c2ccccc2)c2c3ccccc3c(Nc3ccccc3)c3cc4c(cc23)-c2ccccc2C4(C)C)cc1.COc1ccccc1. The fraction of sp³-hybridized carbons (Fsp3) is 0.102. The molecule has 1 aliphatic carbocycles. The van der Waals surface area contributed by atoms with Gasteiger partial charge in [0.1, 0.15) is 11.5 Å². The van der Waals surface area contributed by atoms with Crippen LogP contribution in [-0.4, -0.2) is 14.2 Å². The van der Waals surface area contributed by atoms with Crippen molar-refractivity contribution in [3.63, 3.8) is 0 Å². The number of hydrogen-bond donors (Lipinski definition) is 1. The van der Waals surface area contributed by atoms with E-state index in [-0.39, 0.29) is 5.41 Å². The monoisotopic (exact) mass is 690 g/mol. The summed E-state index contributed by atoms with van der Waals surface area (Å²) in [4.78, 5) is 2.40. The fourth-order valence-electron chi connectivity index (χ4n) is 7.66. The van der Waals surface area contributed by atoms with E-state index in [1.165, 1.54) is 43.8 Å². The maximum Gasteiger partial charge on any atom is 0.119 e. The van der Waals surface area contributed by atoms with E-state index in [0.717, 1.165) is 39.9 Å². The summed E-state index contributed by atoms with van der Waals surface area (Å²) in [5.41, 5.74) is 10.7. The number of para-hydroxylation sites is 3. The minimum absolute atomic E-state index is 0.120. The number of ether oxygens (including phenoxy) is 2. The van der Waals surface area contributed by atoms with Crippen LogP contribution in [0.3, 0.4) is 0 Å². The lowest BCUT2D eigenvalue weighted by Gasteiger charge is -2.30. The smallest absolute Gasteiger partial charge is 0.119 e. The van der Waals surface area contributed by atoms with Gasteiger partial charge in [-0.25, -0.2) is 0 Å². The lowest BCUT2D eigenvalue weighted by molar-refractivity contribution is 0.414. The van der Waals surface area contributed by atoms with Crippen molar-refractivity contribution < 1.29 is 9.47 Å². The van der Waals surface area contributed by atoms with Crippen LogP contribution in [0.4, 0.5) is 28.4 Å². The Morgan fingerprint density at radius 2 is 1.00 bits per heavy atom. The molecule has 0 spiro atoms. The third-order valence-electron chi connectivity index (χ3n) is 10.3. The molecule has 9 rings (SSSR count). The van der Waals surface area contributed by atoms with Crippen LogP contribution in [0.2, 0.25) is 0 Å². The van der Waals surface area contributed by atoms with Crippen LogP contribution < -0.4 is 19.7 Å². The maximum absolute atomic E-state index is 5.55. The minimum Gasteiger partial charge on any atom is -0.497 e. The number of anilines is 5. The lowest BCUT2D eigenvalue weighted by Crippen LogP contribution is -2.15. The second kappa shape index (κ2) is 14.2. The number of fused-ring (bicyclic) bond motifs is 5. The average molecular weight is 691 g/mol. The van der Waals surface area contributed by atoms with Gasteiger partial charge < -0.3 is 19.7 Å². The zero-order valence-corrected chi connectivity index (χ0v) is 30.5. The standard InChI is InChI=1S/C42H34N2O.C7H8O/c1-42(2)38-21-13-12-18-32(38)35-26-37-36(27-39(35)42)40(43-28-14-6-4-7-15-28)33-19-10-11-20-34(33)41(37)44(29-16-8-5-9-17-29)30-22-24-31(45-3)25-23-30;1-8-7-5-3-2-4-6-7/h4-27,43H,1-3H3;2-6H,1H3. The fourth-order valence-corrected chi connectivity index (χ4v) is 7.66. The molecule has 260 valence electrons. The van der Waals surface area contributed by atoms with Crippen molar-refractivity contribution in [1.82, 2.24) is 0 Å². The van der Waals surface area contributed by atoms with Gasteiger partial charge in [0.25, 0.3) is 0 Å². The number of nitrogens with one attached hydrogen (secondary N) is 1. The second-order valence-corrected chi connectivity index (χ2v) is 13.8. The second-order valence-electron chi connectivity index (χ2n) is 13.8. The van der Waals surface area contributed by atoms with Gasteiger partial charge in [-0.15, -0.1) is 0 Å². The molecule has 0 radical (unpaired) electrons. The number of benzene rings is 8. The first kappa shape index (κ1) is 33.6. The Labute approximate surface area is 311 Å². The van der Waals surface area contributed by atoms with E-state index in [9.17, 15) is 0 Å². The highest BCUT2D eigenvalue weighted by Crippen LogP contribution is 2.54. The minimum atomic E-state index is -0.120. The van der Waals surface area contributed by atoms with E-state index in [0.29, 0.717) is 0 Å². The normalized spacial score (nSPS) is 12.3. The van der Waals surface area contributed by atoms with Crippen molar-refractivity contribution >= 4 is 50.0 Å². The van der Waals surface area contributed by atoms with Crippen molar-refractivity contribution in [3.8, 4) is 22.6 Å². The van der Waals surface area contributed by atoms with Crippen LogP contribution in [0, 0.1) is 0 Å². The van der Waals surface area contributed by atoms with E-state index in [2.05, 4.69) is 158 Å². The summed E-state index contributed by atoms with van der Waals surface area (Å²) in [6.07, 6.45) is 0. The summed E-state index contributed by atoms with van der Waals surface area (Å²) in [6.45, 7) is 4.70. The van der Waals surface area contributed by atoms with Gasteiger partial charge in [-0.2, -0.15) is 0 Å². The molecule has 53 heavy (non-hydrogen) atoms. The number of nitrogens with zero attached hydrogens (tertiary/aromatic N) is 1. The summed E-state index contributed by atoms with van der Waals surface area (Å²) in [7, 11) is 3.37. The molecule has 0 fully saturated rings. The van der Waals surface area contributed by atoms with E-state index in [1.54, 1.807) is 14.2 Å². The van der Waals surface area contributed by atoms with Crippen LogP contribution in [0.25, 0.3) is 32.7 Å². The van der Waals surface area contributed by atoms with Crippen LogP contribution >= 0.6 is 0 Å². The zero-order chi connectivity index (χ0) is 36.4. The van der Waals surface area contributed by atoms with Crippen molar-refractivity contribution in [1.29, 1.82) is 0 Å². The van der Waals surface area contributed by atoms with E-state index >= 15 is 0 Å². The molecule has 0 bridgehead atoms. The quantitative estimate of drug-likeness (QED) is 0.133. The van der Waals surface area contributed by atoms with Gasteiger partial charge in [-0.1, -0.05) is 117 Å². The molecule has 8 aromatic rings. The van der Waals surface area contributed by atoms with Crippen LogP contribution in [-0.2, 0) is 5.41 Å². The highest BCUT2D eigenvalue weighted by molar-refractivity contribution is 6.23.